The zero-order chi connectivity index (χ0) is 24.7. The monoisotopic (exact) mass is 469 g/mol. The van der Waals surface area contributed by atoms with E-state index in [-0.39, 0.29) is 48.9 Å². The van der Waals surface area contributed by atoms with Crippen molar-refractivity contribution >= 4 is 5.91 Å². The van der Waals surface area contributed by atoms with Gasteiger partial charge in [-0.25, -0.2) is 9.37 Å². The van der Waals surface area contributed by atoms with Crippen LogP contribution in [0.2, 0.25) is 0 Å². The van der Waals surface area contributed by atoms with Gasteiger partial charge < -0.3 is 19.5 Å². The lowest BCUT2D eigenvalue weighted by Crippen LogP contribution is -2.49. The molecule has 8 heteroatoms. The lowest BCUT2D eigenvalue weighted by atomic mass is 9.99. The van der Waals surface area contributed by atoms with E-state index in [0.717, 1.165) is 5.56 Å². The molecule has 34 heavy (non-hydrogen) atoms. The van der Waals surface area contributed by atoms with E-state index in [0.29, 0.717) is 30.8 Å². The highest BCUT2D eigenvalue weighted by Gasteiger charge is 2.34. The SMILES string of the molecule is COCC#Cc1cnc2c(c1)C(=O)N([C@@H](C)CO)C[C@@H](C)[C@@H](CN(C)Cc1ccc(F)cc1)O2. The van der Waals surface area contributed by atoms with Crippen LogP contribution in [0.1, 0.15) is 35.3 Å². The summed E-state index contributed by atoms with van der Waals surface area (Å²) < 4.78 is 24.5. The van der Waals surface area contributed by atoms with Crippen LogP contribution >= 0.6 is 0 Å². The number of hydrogen-bond acceptors (Lipinski definition) is 6. The first-order valence-corrected chi connectivity index (χ1v) is 11.3. The van der Waals surface area contributed by atoms with Crippen LogP contribution in [0, 0.1) is 23.6 Å². The number of aliphatic hydroxyl groups is 1. The molecule has 0 saturated heterocycles. The number of ether oxygens (including phenoxy) is 2. The van der Waals surface area contributed by atoms with Gasteiger partial charge in [-0.05, 0) is 37.7 Å². The van der Waals surface area contributed by atoms with E-state index in [1.807, 2.05) is 20.9 Å². The van der Waals surface area contributed by atoms with Gasteiger partial charge in [-0.1, -0.05) is 30.9 Å². The number of carbonyl (C=O) groups is 1. The topological polar surface area (TPSA) is 75.1 Å². The van der Waals surface area contributed by atoms with Gasteiger partial charge in [0.15, 0.2) is 0 Å². The van der Waals surface area contributed by atoms with Gasteiger partial charge in [-0.2, -0.15) is 0 Å². The maximum Gasteiger partial charge on any atom is 0.259 e. The summed E-state index contributed by atoms with van der Waals surface area (Å²) in [6.07, 6.45) is 1.32. The maximum atomic E-state index is 13.4. The fraction of sp³-hybridized carbons (Fsp3) is 0.462. The van der Waals surface area contributed by atoms with Crippen LogP contribution in [-0.4, -0.2) is 78.4 Å². The largest absolute Gasteiger partial charge is 0.472 e. The molecule has 1 aromatic carbocycles. The Bertz CT molecular complexity index is 1030. The Labute approximate surface area is 200 Å². The summed E-state index contributed by atoms with van der Waals surface area (Å²) in [5, 5.41) is 9.78. The molecule has 0 unspecified atom stereocenters. The van der Waals surface area contributed by atoms with Gasteiger partial charge in [0, 0.05) is 44.4 Å². The molecule has 3 rings (SSSR count). The second kappa shape index (κ2) is 11.9. The zero-order valence-corrected chi connectivity index (χ0v) is 20.1. The van der Waals surface area contributed by atoms with Gasteiger partial charge in [0.2, 0.25) is 5.88 Å². The zero-order valence-electron chi connectivity index (χ0n) is 20.1. The summed E-state index contributed by atoms with van der Waals surface area (Å²) in [4.78, 5) is 21.6. The van der Waals surface area contributed by atoms with Gasteiger partial charge in [-0.3, -0.25) is 9.69 Å². The van der Waals surface area contributed by atoms with Crippen LogP contribution < -0.4 is 4.74 Å². The smallest absolute Gasteiger partial charge is 0.259 e. The molecule has 7 nitrogen and oxygen atoms in total. The number of rotatable bonds is 7. The highest BCUT2D eigenvalue weighted by atomic mass is 19.1. The molecular formula is C26H32FN3O4. The van der Waals surface area contributed by atoms with Crippen LogP contribution in [0.4, 0.5) is 4.39 Å². The van der Waals surface area contributed by atoms with E-state index in [4.69, 9.17) is 9.47 Å². The van der Waals surface area contributed by atoms with Crippen LogP contribution in [0.25, 0.3) is 0 Å². The van der Waals surface area contributed by atoms with Crippen molar-refractivity contribution in [2.24, 2.45) is 5.92 Å². The third kappa shape index (κ3) is 6.54. The molecule has 0 fully saturated rings. The van der Waals surface area contributed by atoms with Gasteiger partial charge in [0.1, 0.15) is 24.1 Å². The van der Waals surface area contributed by atoms with Crippen molar-refractivity contribution in [3.8, 4) is 17.7 Å². The van der Waals surface area contributed by atoms with Crippen molar-refractivity contribution in [2.45, 2.75) is 32.5 Å². The molecular weight excluding hydrogens is 437 g/mol. The summed E-state index contributed by atoms with van der Waals surface area (Å²) in [5.41, 5.74) is 1.90. The number of benzene rings is 1. The normalized spacial score (nSPS) is 18.9. The number of halogens is 1. The molecule has 1 aliphatic rings. The quantitative estimate of drug-likeness (QED) is 0.629. The molecule has 1 aliphatic heterocycles. The van der Waals surface area contributed by atoms with Gasteiger partial charge in [-0.15, -0.1) is 0 Å². The average Bonchev–Trinajstić information content (AvgIpc) is 2.82. The lowest BCUT2D eigenvalue weighted by molar-refractivity contribution is 0.0325. The van der Waals surface area contributed by atoms with E-state index < -0.39 is 0 Å². The summed E-state index contributed by atoms with van der Waals surface area (Å²) >= 11 is 0. The van der Waals surface area contributed by atoms with Crippen molar-refractivity contribution in [1.82, 2.24) is 14.8 Å². The number of nitrogens with zero attached hydrogens (tertiary/aromatic N) is 3. The number of amides is 1. The van der Waals surface area contributed by atoms with Gasteiger partial charge >= 0.3 is 0 Å². The van der Waals surface area contributed by atoms with Crippen LogP contribution in [0.15, 0.2) is 36.5 Å². The minimum Gasteiger partial charge on any atom is -0.472 e. The Morgan fingerprint density at radius 1 is 1.38 bits per heavy atom. The fourth-order valence-electron chi connectivity index (χ4n) is 3.87. The molecule has 1 amide bonds. The van der Waals surface area contributed by atoms with E-state index >= 15 is 0 Å². The molecule has 2 heterocycles. The maximum absolute atomic E-state index is 13.4. The number of fused-ring (bicyclic) bond motifs is 1. The van der Waals surface area contributed by atoms with E-state index in [2.05, 4.69) is 21.7 Å². The first-order valence-electron chi connectivity index (χ1n) is 11.3. The molecule has 0 saturated carbocycles. The molecule has 0 bridgehead atoms. The highest BCUT2D eigenvalue weighted by Crippen LogP contribution is 2.27. The van der Waals surface area contributed by atoms with Crippen LogP contribution in [0.5, 0.6) is 5.88 Å². The van der Waals surface area contributed by atoms with Crippen LogP contribution in [-0.2, 0) is 11.3 Å². The predicted octanol–water partition coefficient (Wildman–Crippen LogP) is 2.57. The first kappa shape index (κ1) is 25.6. The molecule has 2 aromatic rings. The van der Waals surface area contributed by atoms with Gasteiger partial charge in [0.05, 0.1) is 12.6 Å². The predicted molar refractivity (Wildman–Crippen MR) is 127 cm³/mol. The number of methoxy groups -OCH3 is 1. The minimum absolute atomic E-state index is 0.0234. The molecule has 0 aliphatic carbocycles. The number of pyridine rings is 1. The van der Waals surface area contributed by atoms with Crippen molar-refractivity contribution < 1.29 is 23.8 Å². The summed E-state index contributed by atoms with van der Waals surface area (Å²) in [5.74, 6) is 5.53. The van der Waals surface area contributed by atoms with E-state index in [9.17, 15) is 14.3 Å². The lowest BCUT2D eigenvalue weighted by Gasteiger charge is -2.37. The highest BCUT2D eigenvalue weighted by molar-refractivity contribution is 5.97. The Kier molecular flexibility index (Phi) is 8.99. The fourth-order valence-corrected chi connectivity index (χ4v) is 3.87. The number of aromatic nitrogens is 1. The molecule has 3 atom stereocenters. The van der Waals surface area contributed by atoms with Crippen molar-refractivity contribution in [2.75, 3.05) is 40.5 Å². The first-order chi connectivity index (χ1) is 16.3. The second-order valence-corrected chi connectivity index (χ2v) is 8.76. The molecule has 0 spiro atoms. The summed E-state index contributed by atoms with van der Waals surface area (Å²) in [6.45, 7) is 5.59. The van der Waals surface area contributed by atoms with E-state index in [1.54, 1.807) is 36.4 Å². The Morgan fingerprint density at radius 2 is 2.12 bits per heavy atom. The minimum atomic E-state index is -0.360. The third-order valence-corrected chi connectivity index (χ3v) is 5.83. The Balaban J connectivity index is 1.88. The average molecular weight is 470 g/mol. The van der Waals surface area contributed by atoms with Crippen LogP contribution in [0.3, 0.4) is 0 Å². The molecule has 1 N–H and O–H groups in total. The number of hydrogen-bond donors (Lipinski definition) is 1. The molecule has 182 valence electrons. The third-order valence-electron chi connectivity index (χ3n) is 5.83. The standard InChI is InChI=1S/C26H32FN3O4/c1-18-14-30(19(2)17-31)26(32)23-12-21(6-5-11-33-4)13-28-25(23)34-24(18)16-29(3)15-20-7-9-22(27)10-8-20/h7-10,12-13,18-19,24,31H,11,14-17H2,1-4H3/t18-,19+,24-/m1/s1. The summed E-state index contributed by atoms with van der Waals surface area (Å²) in [6, 6.07) is 7.75. The van der Waals surface area contributed by atoms with Crippen molar-refractivity contribution in [3.05, 3.63) is 59.0 Å². The van der Waals surface area contributed by atoms with Crippen molar-refractivity contribution in [3.63, 3.8) is 0 Å². The summed E-state index contributed by atoms with van der Waals surface area (Å²) in [7, 11) is 3.54. The van der Waals surface area contributed by atoms with Gasteiger partial charge in [0.25, 0.3) is 5.91 Å². The number of likely N-dealkylation sites (N-methyl/N-ethyl adjacent to an activating group) is 1. The number of carbonyl (C=O) groups excluding carboxylic acids is 1. The van der Waals surface area contributed by atoms with E-state index in [1.165, 1.54) is 12.1 Å². The van der Waals surface area contributed by atoms with Crippen molar-refractivity contribution in [1.29, 1.82) is 0 Å². The Hall–Kier alpha value is -2.99. The molecule has 1 aromatic heterocycles. The Morgan fingerprint density at radius 3 is 2.79 bits per heavy atom. The number of aliphatic hydroxyl groups excluding tert-OH is 1. The second-order valence-electron chi connectivity index (χ2n) is 8.76. The molecule has 0 radical (unpaired) electrons.